The molecule has 1 amide bonds. The van der Waals surface area contributed by atoms with E-state index in [1.807, 2.05) is 36.4 Å². The van der Waals surface area contributed by atoms with Gasteiger partial charge in [-0.2, -0.15) is 0 Å². The SMILES string of the molecule is COCCn1c(SCC(=O)NC(c2ccccc2)C2CC2)nc2ccccc21. The zero-order chi connectivity index (χ0) is 19.3. The van der Waals surface area contributed by atoms with Crippen LogP contribution in [0.15, 0.2) is 59.8 Å². The molecule has 1 aliphatic carbocycles. The summed E-state index contributed by atoms with van der Waals surface area (Å²) in [6.07, 6.45) is 2.36. The van der Waals surface area contributed by atoms with Crippen LogP contribution >= 0.6 is 11.8 Å². The molecule has 0 bridgehead atoms. The minimum atomic E-state index is 0.0519. The molecule has 1 unspecified atom stereocenters. The largest absolute Gasteiger partial charge is 0.383 e. The topological polar surface area (TPSA) is 56.1 Å². The summed E-state index contributed by atoms with van der Waals surface area (Å²) >= 11 is 1.48. The highest BCUT2D eigenvalue weighted by atomic mass is 32.2. The lowest BCUT2D eigenvalue weighted by Gasteiger charge is -2.18. The summed E-state index contributed by atoms with van der Waals surface area (Å²) in [5, 5.41) is 4.10. The van der Waals surface area contributed by atoms with Crippen LogP contribution in [0.4, 0.5) is 0 Å². The summed E-state index contributed by atoms with van der Waals surface area (Å²) in [4.78, 5) is 17.4. The number of rotatable bonds is 9. The second-order valence-corrected chi connectivity index (χ2v) is 8.05. The number of hydrogen-bond acceptors (Lipinski definition) is 4. The minimum absolute atomic E-state index is 0.0519. The lowest BCUT2D eigenvalue weighted by atomic mass is 10.0. The summed E-state index contributed by atoms with van der Waals surface area (Å²) in [6.45, 7) is 1.33. The highest BCUT2D eigenvalue weighted by Crippen LogP contribution is 2.41. The second kappa shape index (κ2) is 8.80. The maximum Gasteiger partial charge on any atom is 0.230 e. The average molecular weight is 396 g/mol. The van der Waals surface area contributed by atoms with Crippen LogP contribution in [0, 0.1) is 5.92 Å². The number of ether oxygens (including phenoxy) is 1. The zero-order valence-electron chi connectivity index (χ0n) is 16.0. The van der Waals surface area contributed by atoms with E-state index in [-0.39, 0.29) is 11.9 Å². The van der Waals surface area contributed by atoms with Crippen LogP contribution in [-0.4, -0.2) is 34.9 Å². The highest BCUT2D eigenvalue weighted by Gasteiger charge is 2.33. The molecule has 0 spiro atoms. The number of benzene rings is 2. The van der Waals surface area contributed by atoms with E-state index in [2.05, 4.69) is 28.1 Å². The first kappa shape index (κ1) is 19.0. The zero-order valence-corrected chi connectivity index (χ0v) is 16.8. The number of aromatic nitrogens is 2. The maximum absolute atomic E-state index is 12.7. The summed E-state index contributed by atoms with van der Waals surface area (Å²) in [5.41, 5.74) is 3.21. The van der Waals surface area contributed by atoms with Crippen LogP contribution in [0.1, 0.15) is 24.4 Å². The van der Waals surface area contributed by atoms with E-state index in [4.69, 9.17) is 9.72 Å². The van der Waals surface area contributed by atoms with Gasteiger partial charge in [-0.25, -0.2) is 4.98 Å². The Hall–Kier alpha value is -2.31. The average Bonchev–Trinajstić information content (AvgIpc) is 3.51. The first-order valence-corrected chi connectivity index (χ1v) is 10.7. The van der Waals surface area contributed by atoms with Crippen LogP contribution in [0.25, 0.3) is 11.0 Å². The van der Waals surface area contributed by atoms with Gasteiger partial charge in [-0.1, -0.05) is 54.2 Å². The predicted molar refractivity (Wildman–Crippen MR) is 112 cm³/mol. The number of carbonyl (C=O) groups excluding carboxylic acids is 1. The smallest absolute Gasteiger partial charge is 0.230 e. The van der Waals surface area contributed by atoms with E-state index in [9.17, 15) is 4.79 Å². The lowest BCUT2D eigenvalue weighted by molar-refractivity contribution is -0.119. The van der Waals surface area contributed by atoms with Crippen molar-refractivity contribution in [3.63, 3.8) is 0 Å². The Bertz CT molecular complexity index is 937. The molecular weight excluding hydrogens is 370 g/mol. The minimum Gasteiger partial charge on any atom is -0.383 e. The van der Waals surface area contributed by atoms with Crippen LogP contribution in [0.2, 0.25) is 0 Å². The molecule has 0 saturated heterocycles. The van der Waals surface area contributed by atoms with Gasteiger partial charge in [0.15, 0.2) is 5.16 Å². The van der Waals surface area contributed by atoms with E-state index in [0.717, 1.165) is 22.7 Å². The molecule has 0 aliphatic heterocycles. The van der Waals surface area contributed by atoms with Gasteiger partial charge < -0.3 is 14.6 Å². The van der Waals surface area contributed by atoms with E-state index in [1.54, 1.807) is 7.11 Å². The Kier molecular flexibility index (Phi) is 5.98. The van der Waals surface area contributed by atoms with E-state index < -0.39 is 0 Å². The molecular formula is C22H25N3O2S. The number of amides is 1. The second-order valence-electron chi connectivity index (χ2n) is 7.11. The van der Waals surface area contributed by atoms with Crippen molar-refractivity contribution < 1.29 is 9.53 Å². The van der Waals surface area contributed by atoms with Crippen LogP contribution in [0.3, 0.4) is 0 Å². The molecule has 1 aliphatic rings. The third kappa shape index (κ3) is 4.39. The first-order valence-electron chi connectivity index (χ1n) is 9.67. The van der Waals surface area contributed by atoms with Gasteiger partial charge in [0.25, 0.3) is 0 Å². The third-order valence-corrected chi connectivity index (χ3v) is 6.02. The van der Waals surface area contributed by atoms with Crippen molar-refractivity contribution in [3.05, 3.63) is 60.2 Å². The molecule has 146 valence electrons. The Morgan fingerprint density at radius 3 is 2.71 bits per heavy atom. The fourth-order valence-corrected chi connectivity index (χ4v) is 4.32. The predicted octanol–water partition coefficient (Wildman–Crippen LogP) is 4.04. The highest BCUT2D eigenvalue weighted by molar-refractivity contribution is 7.99. The normalized spacial score (nSPS) is 14.9. The van der Waals surface area contributed by atoms with Gasteiger partial charge >= 0.3 is 0 Å². The lowest BCUT2D eigenvalue weighted by Crippen LogP contribution is -2.31. The number of fused-ring (bicyclic) bond motifs is 1. The van der Waals surface area contributed by atoms with Crippen molar-refractivity contribution in [2.75, 3.05) is 19.5 Å². The van der Waals surface area contributed by atoms with Gasteiger partial charge in [-0.3, -0.25) is 4.79 Å². The summed E-state index contributed by atoms with van der Waals surface area (Å²) in [7, 11) is 1.70. The van der Waals surface area contributed by atoms with E-state index in [0.29, 0.717) is 18.3 Å². The quantitative estimate of drug-likeness (QED) is 0.556. The summed E-state index contributed by atoms with van der Waals surface area (Å²) < 4.78 is 7.37. The molecule has 1 N–H and O–H groups in total. The molecule has 5 nitrogen and oxygen atoms in total. The molecule has 1 heterocycles. The Balaban J connectivity index is 1.44. The molecule has 1 atom stereocenters. The standard InChI is InChI=1S/C22H25N3O2S/c1-27-14-13-25-19-10-6-5-9-18(19)23-22(25)28-15-20(26)24-21(17-11-12-17)16-7-3-2-4-8-16/h2-10,17,21H,11-15H2,1H3,(H,24,26). The van der Waals surface area contributed by atoms with Gasteiger partial charge in [-0.05, 0) is 36.5 Å². The van der Waals surface area contributed by atoms with Gasteiger partial charge in [-0.15, -0.1) is 0 Å². The number of nitrogens with zero attached hydrogens (tertiary/aromatic N) is 2. The van der Waals surface area contributed by atoms with Crippen molar-refractivity contribution in [2.45, 2.75) is 30.6 Å². The molecule has 1 saturated carbocycles. The number of imidazole rings is 1. The summed E-state index contributed by atoms with van der Waals surface area (Å²) in [6, 6.07) is 18.4. The molecule has 1 aromatic heterocycles. The van der Waals surface area contributed by atoms with E-state index >= 15 is 0 Å². The van der Waals surface area contributed by atoms with E-state index in [1.165, 1.54) is 30.2 Å². The van der Waals surface area contributed by atoms with Crippen LogP contribution < -0.4 is 5.32 Å². The molecule has 6 heteroatoms. The number of nitrogens with one attached hydrogen (secondary N) is 1. The van der Waals surface area contributed by atoms with Crippen molar-refractivity contribution in [3.8, 4) is 0 Å². The number of para-hydroxylation sites is 2. The van der Waals surface area contributed by atoms with Crippen molar-refractivity contribution in [2.24, 2.45) is 5.92 Å². The molecule has 4 rings (SSSR count). The first-order chi connectivity index (χ1) is 13.8. The fourth-order valence-electron chi connectivity index (χ4n) is 3.47. The number of thioether (sulfide) groups is 1. The van der Waals surface area contributed by atoms with Crippen LogP contribution in [0.5, 0.6) is 0 Å². The van der Waals surface area contributed by atoms with Gasteiger partial charge in [0.05, 0.1) is 29.4 Å². The van der Waals surface area contributed by atoms with Crippen molar-refractivity contribution in [1.82, 2.24) is 14.9 Å². The maximum atomic E-state index is 12.7. The molecule has 28 heavy (non-hydrogen) atoms. The van der Waals surface area contributed by atoms with Gasteiger partial charge in [0, 0.05) is 13.7 Å². The molecule has 3 aromatic rings. The Morgan fingerprint density at radius 2 is 1.96 bits per heavy atom. The molecule has 2 aromatic carbocycles. The monoisotopic (exact) mass is 395 g/mol. The third-order valence-electron chi connectivity index (χ3n) is 5.04. The van der Waals surface area contributed by atoms with Gasteiger partial charge in [0.1, 0.15) is 0 Å². The Labute approximate surface area is 169 Å². The number of hydrogen-bond donors (Lipinski definition) is 1. The van der Waals surface area contributed by atoms with Crippen molar-refractivity contribution >= 4 is 28.7 Å². The van der Waals surface area contributed by atoms with Gasteiger partial charge in [0.2, 0.25) is 5.91 Å². The molecule has 0 radical (unpaired) electrons. The Morgan fingerprint density at radius 1 is 1.21 bits per heavy atom. The number of carbonyl (C=O) groups is 1. The fraction of sp³-hybridized carbons (Fsp3) is 0.364. The molecule has 1 fully saturated rings. The van der Waals surface area contributed by atoms with Crippen molar-refractivity contribution in [1.29, 1.82) is 0 Å². The van der Waals surface area contributed by atoms with Crippen LogP contribution in [-0.2, 0) is 16.1 Å². The summed E-state index contributed by atoms with van der Waals surface area (Å²) in [5.74, 6) is 0.963. The number of methoxy groups -OCH3 is 1.